The maximum Gasteiger partial charge on any atom is 0.231 e. The van der Waals surface area contributed by atoms with Crippen LogP contribution in [0.4, 0.5) is 0 Å². The van der Waals surface area contributed by atoms with E-state index in [-0.39, 0.29) is 12.5 Å². The van der Waals surface area contributed by atoms with E-state index in [9.17, 15) is 4.79 Å². The lowest BCUT2D eigenvalue weighted by molar-refractivity contribution is -0.118. The summed E-state index contributed by atoms with van der Waals surface area (Å²) >= 11 is 1.70. The molecular formula is C12H18N2O2S. The highest BCUT2D eigenvalue weighted by Crippen LogP contribution is 2.18. The van der Waals surface area contributed by atoms with Gasteiger partial charge in [-0.25, -0.2) is 0 Å². The van der Waals surface area contributed by atoms with Gasteiger partial charge in [-0.3, -0.25) is 9.69 Å². The maximum atomic E-state index is 10.7. The van der Waals surface area contributed by atoms with Crippen molar-refractivity contribution in [2.45, 2.75) is 4.90 Å². The van der Waals surface area contributed by atoms with Crippen LogP contribution in [0.25, 0.3) is 0 Å². The van der Waals surface area contributed by atoms with Gasteiger partial charge in [-0.2, -0.15) is 0 Å². The molecule has 0 spiro atoms. The van der Waals surface area contributed by atoms with Gasteiger partial charge in [0.1, 0.15) is 12.4 Å². The number of thioether (sulfide) groups is 1. The third kappa shape index (κ3) is 5.60. The quantitative estimate of drug-likeness (QED) is 0.743. The molecule has 94 valence electrons. The van der Waals surface area contributed by atoms with Crippen LogP contribution in [0, 0.1) is 0 Å². The molecule has 1 amide bonds. The molecule has 0 fully saturated rings. The van der Waals surface area contributed by atoms with Crippen molar-refractivity contribution in [3.8, 4) is 5.75 Å². The van der Waals surface area contributed by atoms with Crippen molar-refractivity contribution in [1.29, 1.82) is 0 Å². The molecule has 1 aromatic rings. The molecule has 0 heterocycles. The van der Waals surface area contributed by atoms with E-state index in [0.717, 1.165) is 5.75 Å². The van der Waals surface area contributed by atoms with E-state index in [1.165, 1.54) is 4.90 Å². The first kappa shape index (κ1) is 13.9. The normalized spacial score (nSPS) is 10.5. The number of carbonyl (C=O) groups is 1. The fourth-order valence-electron chi connectivity index (χ4n) is 1.34. The molecule has 1 aromatic carbocycles. The van der Waals surface area contributed by atoms with Gasteiger partial charge in [-0.1, -0.05) is 0 Å². The first-order chi connectivity index (χ1) is 8.11. The second kappa shape index (κ2) is 7.19. The topological polar surface area (TPSA) is 55.6 Å². The smallest absolute Gasteiger partial charge is 0.231 e. The Kier molecular flexibility index (Phi) is 5.86. The van der Waals surface area contributed by atoms with Crippen LogP contribution >= 0.6 is 11.8 Å². The Labute approximate surface area is 106 Å². The third-order valence-corrected chi connectivity index (χ3v) is 2.97. The number of primary amides is 1. The minimum absolute atomic E-state index is 0.259. The molecule has 0 radical (unpaired) electrons. The molecule has 0 aromatic heterocycles. The molecule has 4 nitrogen and oxygen atoms in total. The monoisotopic (exact) mass is 254 g/mol. The molecule has 0 aliphatic carbocycles. The summed E-state index contributed by atoms with van der Waals surface area (Å²) in [6, 6.07) is 7.93. The number of benzene rings is 1. The van der Waals surface area contributed by atoms with Gasteiger partial charge in [0.05, 0.1) is 6.54 Å². The average molecular weight is 254 g/mol. The molecular weight excluding hydrogens is 236 g/mol. The highest BCUT2D eigenvalue weighted by molar-refractivity contribution is 7.98. The molecule has 0 atom stereocenters. The molecule has 0 aliphatic heterocycles. The van der Waals surface area contributed by atoms with Crippen molar-refractivity contribution >= 4 is 17.7 Å². The van der Waals surface area contributed by atoms with E-state index < -0.39 is 0 Å². The zero-order valence-electron chi connectivity index (χ0n) is 10.2. The van der Waals surface area contributed by atoms with Gasteiger partial charge in [0, 0.05) is 11.4 Å². The molecule has 0 aliphatic rings. The highest BCUT2D eigenvalue weighted by atomic mass is 32.2. The molecule has 0 saturated carbocycles. The number of hydrogen-bond acceptors (Lipinski definition) is 4. The minimum atomic E-state index is -0.322. The van der Waals surface area contributed by atoms with E-state index in [4.69, 9.17) is 10.5 Å². The zero-order valence-corrected chi connectivity index (χ0v) is 11.0. The van der Waals surface area contributed by atoms with Crippen LogP contribution in [0.5, 0.6) is 5.75 Å². The van der Waals surface area contributed by atoms with Gasteiger partial charge in [-0.15, -0.1) is 11.8 Å². The Bertz CT molecular complexity index is 354. The summed E-state index contributed by atoms with van der Waals surface area (Å²) in [4.78, 5) is 13.7. The van der Waals surface area contributed by atoms with E-state index >= 15 is 0 Å². The lowest BCUT2D eigenvalue weighted by Crippen LogP contribution is -2.33. The van der Waals surface area contributed by atoms with Crippen molar-refractivity contribution in [2.75, 3.05) is 33.0 Å². The van der Waals surface area contributed by atoms with Gasteiger partial charge in [0.25, 0.3) is 0 Å². The summed E-state index contributed by atoms with van der Waals surface area (Å²) in [5.41, 5.74) is 5.08. The molecule has 5 heteroatoms. The molecule has 2 N–H and O–H groups in total. The Morgan fingerprint density at radius 3 is 2.59 bits per heavy atom. The Morgan fingerprint density at radius 1 is 1.41 bits per heavy atom. The van der Waals surface area contributed by atoms with Crippen LogP contribution in [0.1, 0.15) is 0 Å². The zero-order chi connectivity index (χ0) is 12.7. The number of nitrogens with two attached hydrogens (primary N) is 1. The second-order valence-electron chi connectivity index (χ2n) is 3.73. The minimum Gasteiger partial charge on any atom is -0.492 e. The maximum absolute atomic E-state index is 10.7. The highest BCUT2D eigenvalue weighted by Gasteiger charge is 2.02. The van der Waals surface area contributed by atoms with Crippen molar-refractivity contribution < 1.29 is 9.53 Å². The average Bonchev–Trinajstić information content (AvgIpc) is 2.29. The van der Waals surface area contributed by atoms with E-state index in [2.05, 4.69) is 0 Å². The van der Waals surface area contributed by atoms with E-state index in [0.29, 0.717) is 13.2 Å². The standard InChI is InChI=1S/C12H18N2O2S/c1-14(9-12(13)15)7-8-16-10-3-5-11(17-2)6-4-10/h3-6H,7-9H2,1-2H3,(H2,13,15). The number of amides is 1. The molecule has 17 heavy (non-hydrogen) atoms. The molecule has 1 rings (SSSR count). The first-order valence-corrected chi connectivity index (χ1v) is 6.58. The number of ether oxygens (including phenoxy) is 1. The number of likely N-dealkylation sites (N-methyl/N-ethyl adjacent to an activating group) is 1. The Balaban J connectivity index is 2.28. The predicted octanol–water partition coefficient (Wildman–Crippen LogP) is 1.20. The number of hydrogen-bond donors (Lipinski definition) is 1. The van der Waals surface area contributed by atoms with Crippen molar-refractivity contribution in [2.24, 2.45) is 5.73 Å². The van der Waals surface area contributed by atoms with Gasteiger partial charge < -0.3 is 10.5 Å². The lowest BCUT2D eigenvalue weighted by Gasteiger charge is -2.14. The largest absolute Gasteiger partial charge is 0.492 e. The summed E-state index contributed by atoms with van der Waals surface area (Å²) in [6.45, 7) is 1.48. The van der Waals surface area contributed by atoms with E-state index in [1.54, 1.807) is 11.8 Å². The Hall–Kier alpha value is -1.20. The molecule has 0 saturated heterocycles. The van der Waals surface area contributed by atoms with Crippen LogP contribution < -0.4 is 10.5 Å². The third-order valence-electron chi connectivity index (χ3n) is 2.23. The first-order valence-electron chi connectivity index (χ1n) is 5.35. The number of nitrogens with zero attached hydrogens (tertiary/aromatic N) is 1. The van der Waals surface area contributed by atoms with Crippen LogP contribution in [0.15, 0.2) is 29.2 Å². The van der Waals surface area contributed by atoms with Crippen molar-refractivity contribution in [1.82, 2.24) is 4.90 Å². The SMILES string of the molecule is CSc1ccc(OCCN(C)CC(N)=O)cc1. The van der Waals surface area contributed by atoms with Crippen LogP contribution in [0.2, 0.25) is 0 Å². The van der Waals surface area contributed by atoms with Gasteiger partial charge in [0.15, 0.2) is 0 Å². The fraction of sp³-hybridized carbons (Fsp3) is 0.417. The van der Waals surface area contributed by atoms with Gasteiger partial charge in [0.2, 0.25) is 5.91 Å². The molecule has 0 unspecified atom stereocenters. The number of carbonyl (C=O) groups excluding carboxylic acids is 1. The molecule has 0 bridgehead atoms. The van der Waals surface area contributed by atoms with Gasteiger partial charge in [-0.05, 0) is 37.6 Å². The van der Waals surface area contributed by atoms with E-state index in [1.807, 2.05) is 42.5 Å². The second-order valence-corrected chi connectivity index (χ2v) is 4.61. The van der Waals surface area contributed by atoms with Crippen molar-refractivity contribution in [3.63, 3.8) is 0 Å². The van der Waals surface area contributed by atoms with Crippen LogP contribution in [0.3, 0.4) is 0 Å². The van der Waals surface area contributed by atoms with Gasteiger partial charge >= 0.3 is 0 Å². The number of rotatable bonds is 7. The summed E-state index contributed by atoms with van der Waals surface area (Å²) in [5.74, 6) is 0.520. The van der Waals surface area contributed by atoms with Crippen LogP contribution in [-0.4, -0.2) is 43.8 Å². The lowest BCUT2D eigenvalue weighted by atomic mass is 10.3. The Morgan fingerprint density at radius 2 is 2.06 bits per heavy atom. The summed E-state index contributed by atoms with van der Waals surface area (Å²) in [7, 11) is 1.84. The summed E-state index contributed by atoms with van der Waals surface area (Å²) in [6.07, 6.45) is 2.04. The fourth-order valence-corrected chi connectivity index (χ4v) is 1.74. The summed E-state index contributed by atoms with van der Waals surface area (Å²) < 4.78 is 5.55. The predicted molar refractivity (Wildman–Crippen MR) is 70.4 cm³/mol. The summed E-state index contributed by atoms with van der Waals surface area (Å²) in [5, 5.41) is 0. The van der Waals surface area contributed by atoms with Crippen molar-refractivity contribution in [3.05, 3.63) is 24.3 Å². The van der Waals surface area contributed by atoms with Crippen LogP contribution in [-0.2, 0) is 4.79 Å².